The smallest absolute Gasteiger partial charge is 0.298 e. The summed E-state index contributed by atoms with van der Waals surface area (Å²) in [7, 11) is 0. The highest BCUT2D eigenvalue weighted by Crippen LogP contribution is 2.32. The molecule has 156 valence electrons. The van der Waals surface area contributed by atoms with E-state index in [0.29, 0.717) is 0 Å². The summed E-state index contributed by atoms with van der Waals surface area (Å²) in [6.45, 7) is 7.88. The molecule has 0 radical (unpaired) electrons. The average molecular weight is 403 g/mol. The number of rotatable bonds is 3. The van der Waals surface area contributed by atoms with Gasteiger partial charge >= 0.3 is 0 Å². The van der Waals surface area contributed by atoms with Crippen LogP contribution in [0, 0.1) is 0 Å². The lowest BCUT2D eigenvalue weighted by molar-refractivity contribution is 0.204. The zero-order chi connectivity index (χ0) is 20.1. The molecule has 2 unspecified atom stereocenters. The first-order valence-corrected chi connectivity index (χ1v) is 11.5. The molecule has 4 heterocycles. The third kappa shape index (κ3) is 3.16. The quantitative estimate of drug-likeness (QED) is 0.647. The number of nitrogens with zero attached hydrogens (tertiary/aromatic N) is 4. The molecule has 0 bridgehead atoms. The number of benzene rings is 2. The molecule has 3 aliphatic rings. The van der Waals surface area contributed by atoms with Gasteiger partial charge in [-0.05, 0) is 74.5 Å². The summed E-state index contributed by atoms with van der Waals surface area (Å²) < 4.78 is 6.00. The van der Waals surface area contributed by atoms with Gasteiger partial charge < -0.3 is 14.2 Å². The highest BCUT2D eigenvalue weighted by Gasteiger charge is 2.33. The van der Waals surface area contributed by atoms with Crippen LogP contribution in [-0.2, 0) is 13.0 Å². The fourth-order valence-corrected chi connectivity index (χ4v) is 5.64. The van der Waals surface area contributed by atoms with E-state index in [9.17, 15) is 0 Å². The van der Waals surface area contributed by atoms with Gasteiger partial charge in [0, 0.05) is 44.0 Å². The number of anilines is 2. The molecule has 3 aromatic rings. The van der Waals surface area contributed by atoms with Crippen molar-refractivity contribution in [1.29, 1.82) is 0 Å². The van der Waals surface area contributed by atoms with Crippen molar-refractivity contribution in [3.8, 4) is 0 Å². The summed E-state index contributed by atoms with van der Waals surface area (Å²) in [6, 6.07) is 17.3. The largest absolute Gasteiger partial charge is 0.423 e. The highest BCUT2D eigenvalue weighted by molar-refractivity contribution is 5.74. The summed E-state index contributed by atoms with van der Waals surface area (Å²) in [5.41, 5.74) is 6.08. The predicted octanol–water partition coefficient (Wildman–Crippen LogP) is 4.45. The SMILES string of the molecule is CC1CCCN1C1CCN(c2ccc3c(c2)CCN(c2nc4ccccc4o2)C3)C1. The van der Waals surface area contributed by atoms with Crippen LogP contribution in [0.15, 0.2) is 46.9 Å². The molecule has 2 aromatic carbocycles. The van der Waals surface area contributed by atoms with Gasteiger partial charge in [-0.2, -0.15) is 4.98 Å². The molecule has 1 aromatic heterocycles. The molecule has 5 nitrogen and oxygen atoms in total. The van der Waals surface area contributed by atoms with E-state index in [-0.39, 0.29) is 0 Å². The van der Waals surface area contributed by atoms with E-state index >= 15 is 0 Å². The highest BCUT2D eigenvalue weighted by atomic mass is 16.4. The molecule has 6 rings (SSSR count). The number of oxazole rings is 1. The van der Waals surface area contributed by atoms with Crippen LogP contribution in [-0.4, -0.2) is 48.1 Å². The van der Waals surface area contributed by atoms with Crippen molar-refractivity contribution in [2.45, 2.75) is 51.2 Å². The Labute approximate surface area is 178 Å². The number of likely N-dealkylation sites (tertiary alicyclic amines) is 1. The van der Waals surface area contributed by atoms with Crippen LogP contribution in [0.3, 0.4) is 0 Å². The van der Waals surface area contributed by atoms with Crippen molar-refractivity contribution in [1.82, 2.24) is 9.88 Å². The average Bonchev–Trinajstić information content (AvgIpc) is 3.51. The fraction of sp³-hybridized carbons (Fsp3) is 0.480. The Kier molecular flexibility index (Phi) is 4.45. The lowest BCUT2D eigenvalue weighted by Crippen LogP contribution is -2.39. The van der Waals surface area contributed by atoms with Crippen LogP contribution >= 0.6 is 0 Å². The van der Waals surface area contributed by atoms with Gasteiger partial charge in [-0.3, -0.25) is 4.90 Å². The van der Waals surface area contributed by atoms with Crippen molar-refractivity contribution in [2.24, 2.45) is 0 Å². The number of para-hydroxylation sites is 2. The lowest BCUT2D eigenvalue weighted by atomic mass is 9.99. The minimum absolute atomic E-state index is 0.730. The maximum atomic E-state index is 6.00. The molecule has 30 heavy (non-hydrogen) atoms. The van der Waals surface area contributed by atoms with E-state index in [1.165, 1.54) is 55.7 Å². The summed E-state index contributed by atoms with van der Waals surface area (Å²) in [5.74, 6) is 0. The zero-order valence-corrected chi connectivity index (χ0v) is 17.8. The number of hydrogen-bond donors (Lipinski definition) is 0. The molecule has 0 spiro atoms. The molecule has 2 saturated heterocycles. The normalized spacial score (nSPS) is 24.7. The van der Waals surface area contributed by atoms with Gasteiger partial charge in [0.05, 0.1) is 0 Å². The Morgan fingerprint density at radius 3 is 2.77 bits per heavy atom. The van der Waals surface area contributed by atoms with Gasteiger partial charge in [0.15, 0.2) is 5.58 Å². The van der Waals surface area contributed by atoms with Crippen LogP contribution in [0.2, 0.25) is 0 Å². The van der Waals surface area contributed by atoms with Gasteiger partial charge in [0.25, 0.3) is 6.01 Å². The maximum absolute atomic E-state index is 6.00. The fourth-order valence-electron chi connectivity index (χ4n) is 5.64. The molecule has 2 fully saturated rings. The number of fused-ring (bicyclic) bond motifs is 2. The monoisotopic (exact) mass is 402 g/mol. The van der Waals surface area contributed by atoms with Crippen LogP contribution in [0.25, 0.3) is 11.1 Å². The predicted molar refractivity (Wildman–Crippen MR) is 121 cm³/mol. The Morgan fingerprint density at radius 2 is 1.90 bits per heavy atom. The molecule has 0 N–H and O–H groups in total. The van der Waals surface area contributed by atoms with Gasteiger partial charge in [-0.15, -0.1) is 0 Å². The molecule has 0 aliphatic carbocycles. The van der Waals surface area contributed by atoms with E-state index in [2.05, 4.69) is 44.8 Å². The topological polar surface area (TPSA) is 35.8 Å². The van der Waals surface area contributed by atoms with Crippen molar-refractivity contribution in [2.75, 3.05) is 36.0 Å². The zero-order valence-electron chi connectivity index (χ0n) is 17.8. The Hall–Kier alpha value is -2.53. The van der Waals surface area contributed by atoms with E-state index in [1.54, 1.807) is 0 Å². The molecule has 0 amide bonds. The van der Waals surface area contributed by atoms with Gasteiger partial charge in [-0.25, -0.2) is 0 Å². The maximum Gasteiger partial charge on any atom is 0.298 e. The standard InChI is InChI=1S/C25H30N4O/c1-18-5-4-12-29(18)22-11-14-27(17-22)21-9-8-20-16-28(13-10-19(20)15-21)25-26-23-6-2-3-7-24(23)30-25/h2-3,6-9,15,18,22H,4-5,10-14,16-17H2,1H3. The Bertz CT molecular complexity index is 1030. The summed E-state index contributed by atoms with van der Waals surface area (Å²) >= 11 is 0. The second-order valence-corrected chi connectivity index (χ2v) is 9.21. The minimum atomic E-state index is 0.730. The van der Waals surface area contributed by atoms with Crippen molar-refractivity contribution in [3.05, 3.63) is 53.6 Å². The Morgan fingerprint density at radius 1 is 0.967 bits per heavy atom. The third-order valence-electron chi connectivity index (χ3n) is 7.36. The first-order valence-electron chi connectivity index (χ1n) is 11.5. The first-order chi connectivity index (χ1) is 14.7. The van der Waals surface area contributed by atoms with E-state index < -0.39 is 0 Å². The molecular weight excluding hydrogens is 372 g/mol. The second kappa shape index (κ2) is 7.31. The Balaban J connectivity index is 1.17. The number of aromatic nitrogens is 1. The van der Waals surface area contributed by atoms with Crippen molar-refractivity contribution < 1.29 is 4.42 Å². The number of hydrogen-bond acceptors (Lipinski definition) is 5. The van der Waals surface area contributed by atoms with Gasteiger partial charge in [0.2, 0.25) is 0 Å². The third-order valence-corrected chi connectivity index (χ3v) is 7.36. The molecule has 3 aliphatic heterocycles. The van der Waals surface area contributed by atoms with Gasteiger partial charge in [-0.1, -0.05) is 18.2 Å². The minimum Gasteiger partial charge on any atom is -0.423 e. The van der Waals surface area contributed by atoms with E-state index in [0.717, 1.165) is 48.7 Å². The van der Waals surface area contributed by atoms with Crippen LogP contribution < -0.4 is 9.80 Å². The van der Waals surface area contributed by atoms with Crippen LogP contribution in [0.4, 0.5) is 11.7 Å². The summed E-state index contributed by atoms with van der Waals surface area (Å²) in [6.07, 6.45) is 5.08. The van der Waals surface area contributed by atoms with Gasteiger partial charge in [0.1, 0.15) is 5.52 Å². The second-order valence-electron chi connectivity index (χ2n) is 9.21. The summed E-state index contributed by atoms with van der Waals surface area (Å²) in [5, 5.41) is 0. The van der Waals surface area contributed by atoms with E-state index in [4.69, 9.17) is 4.42 Å². The lowest BCUT2D eigenvalue weighted by Gasteiger charge is -2.30. The summed E-state index contributed by atoms with van der Waals surface area (Å²) in [4.78, 5) is 12.3. The first kappa shape index (κ1) is 18.3. The van der Waals surface area contributed by atoms with Crippen molar-refractivity contribution in [3.63, 3.8) is 0 Å². The molecule has 5 heteroatoms. The molecular formula is C25H30N4O. The van der Waals surface area contributed by atoms with Crippen LogP contribution in [0.5, 0.6) is 0 Å². The van der Waals surface area contributed by atoms with Crippen molar-refractivity contribution >= 4 is 22.8 Å². The molecule has 0 saturated carbocycles. The molecule has 2 atom stereocenters. The van der Waals surface area contributed by atoms with E-state index in [1.807, 2.05) is 24.3 Å². The van der Waals surface area contributed by atoms with Crippen LogP contribution in [0.1, 0.15) is 37.3 Å².